The third-order valence-corrected chi connectivity index (χ3v) is 14.2. The molecule has 4 amide bonds. The Morgan fingerprint density at radius 1 is 1.03 bits per heavy atom. The van der Waals surface area contributed by atoms with Crippen molar-refractivity contribution in [2.24, 2.45) is 11.3 Å². The number of carboxylic acids is 1. The Kier molecular flexibility index (Phi) is 17.1. The predicted molar refractivity (Wildman–Crippen MR) is 276 cm³/mol. The summed E-state index contributed by atoms with van der Waals surface area (Å²) in [5.74, 6) is -5.48. The highest BCUT2D eigenvalue weighted by Gasteiger charge is 2.48. The van der Waals surface area contributed by atoms with Crippen LogP contribution in [0.25, 0.3) is 33.3 Å². The number of carboxylic acid groups (broad SMARTS) is 1. The van der Waals surface area contributed by atoms with Gasteiger partial charge in [-0.25, -0.2) is 5.43 Å². The van der Waals surface area contributed by atoms with E-state index in [0.717, 1.165) is 49.8 Å². The Morgan fingerprint density at radius 3 is 2.49 bits per heavy atom. The molecule has 4 aromatic rings. The number of likely N-dealkylation sites (N-methyl/N-ethyl adjacent to an activating group) is 1. The van der Waals surface area contributed by atoms with Gasteiger partial charge >= 0.3 is 17.9 Å². The molecular formula is C56H70N6O12. The molecule has 2 fully saturated rings. The molecule has 396 valence electrons. The molecule has 0 aliphatic carbocycles. The number of hydrazine groups is 1. The number of hydrogen-bond acceptors (Lipinski definition) is 12. The SMILES string of the molecule is C=CC(=O)N1CC[C@](O)(C(=O)N(C)[C@H](C(=O)N[C@H]2Cc3cc(OC(=O)CCC(=O)O)cc(c3)-c3ccc4c(c3)c(c(-c3ccccc3CCOC)n4CC)CC(C)(C)COC(=O)[C@@H]3CCCN(N3)C2=O)C(C)C)C1. The van der Waals surface area contributed by atoms with Crippen molar-refractivity contribution in [3.05, 3.63) is 90.0 Å². The zero-order chi connectivity index (χ0) is 53.6. The predicted octanol–water partition coefficient (Wildman–Crippen LogP) is 5.24. The number of cyclic esters (lactones) is 1. The van der Waals surface area contributed by atoms with Gasteiger partial charge in [-0.1, -0.05) is 70.7 Å². The Balaban J connectivity index is 1.37. The molecule has 0 spiro atoms. The Morgan fingerprint density at radius 2 is 1.78 bits per heavy atom. The number of rotatable bonds is 15. The summed E-state index contributed by atoms with van der Waals surface area (Å²) in [7, 11) is 3.07. The van der Waals surface area contributed by atoms with Crippen LogP contribution in [-0.2, 0) is 68.8 Å². The molecule has 2 saturated heterocycles. The van der Waals surface area contributed by atoms with Gasteiger partial charge in [-0.3, -0.25) is 38.6 Å². The number of aryl methyl sites for hydroxylation is 1. The molecule has 0 radical (unpaired) electrons. The first-order valence-electron chi connectivity index (χ1n) is 25.4. The van der Waals surface area contributed by atoms with Crippen molar-refractivity contribution in [2.45, 2.75) is 116 Å². The minimum atomic E-state index is -1.98. The molecular weight excluding hydrogens is 949 g/mol. The summed E-state index contributed by atoms with van der Waals surface area (Å²) in [6, 6.07) is 16.0. The fourth-order valence-corrected chi connectivity index (χ4v) is 10.6. The van der Waals surface area contributed by atoms with Crippen molar-refractivity contribution in [1.29, 1.82) is 0 Å². The largest absolute Gasteiger partial charge is 0.481 e. The van der Waals surface area contributed by atoms with Crippen LogP contribution in [0.1, 0.15) is 83.4 Å². The van der Waals surface area contributed by atoms with E-state index in [1.807, 2.05) is 44.2 Å². The maximum atomic E-state index is 15.0. The number of nitrogens with one attached hydrogen (secondary N) is 2. The number of β-amino-alcohol motifs (C(OH)–C–C–N with tert-alkyl or cyclic N) is 1. The van der Waals surface area contributed by atoms with Crippen LogP contribution < -0.4 is 15.5 Å². The van der Waals surface area contributed by atoms with Gasteiger partial charge in [-0.05, 0) is 96.7 Å². The minimum absolute atomic E-state index is 0.0547. The number of amides is 4. The lowest BCUT2D eigenvalue weighted by molar-refractivity contribution is -0.156. The molecule has 4 heterocycles. The maximum absolute atomic E-state index is 15.0. The van der Waals surface area contributed by atoms with Crippen LogP contribution in [0.3, 0.4) is 0 Å². The molecule has 0 unspecified atom stereocenters. The first-order chi connectivity index (χ1) is 35.2. The number of aliphatic carboxylic acids is 1. The summed E-state index contributed by atoms with van der Waals surface area (Å²) in [6.07, 6.45) is 1.98. The van der Waals surface area contributed by atoms with Gasteiger partial charge in [0.2, 0.25) is 11.8 Å². The summed E-state index contributed by atoms with van der Waals surface area (Å²) in [5, 5.41) is 26.1. The summed E-state index contributed by atoms with van der Waals surface area (Å²) >= 11 is 0. The summed E-state index contributed by atoms with van der Waals surface area (Å²) in [4.78, 5) is 97.4. The topological polar surface area (TPSA) is 226 Å². The van der Waals surface area contributed by atoms with Crippen molar-refractivity contribution in [1.82, 2.24) is 30.1 Å². The second-order valence-electron chi connectivity index (χ2n) is 20.8. The number of ether oxygens (including phenoxy) is 3. The first kappa shape index (κ1) is 54.9. The van der Waals surface area contributed by atoms with Crippen LogP contribution in [0.5, 0.6) is 5.75 Å². The van der Waals surface area contributed by atoms with E-state index >= 15 is 0 Å². The number of aromatic nitrogens is 1. The number of carbonyl (C=O) groups excluding carboxylic acids is 6. The smallest absolute Gasteiger partial charge is 0.324 e. The van der Waals surface area contributed by atoms with Gasteiger partial charge in [0.15, 0.2) is 5.60 Å². The van der Waals surface area contributed by atoms with Gasteiger partial charge in [-0.15, -0.1) is 0 Å². The molecule has 18 heteroatoms. The lowest BCUT2D eigenvalue weighted by atomic mass is 9.83. The van der Waals surface area contributed by atoms with Crippen LogP contribution in [0.2, 0.25) is 0 Å². The van der Waals surface area contributed by atoms with Crippen molar-refractivity contribution in [2.75, 3.05) is 47.0 Å². The quantitative estimate of drug-likeness (QED) is 0.0681. The van der Waals surface area contributed by atoms with E-state index in [1.165, 1.54) is 17.0 Å². The van der Waals surface area contributed by atoms with E-state index in [-0.39, 0.29) is 44.8 Å². The number of benzene rings is 3. The van der Waals surface area contributed by atoms with Gasteiger partial charge in [0.05, 0.1) is 38.3 Å². The Hall–Kier alpha value is -6.89. The van der Waals surface area contributed by atoms with Crippen molar-refractivity contribution < 1.29 is 58.0 Å². The zero-order valence-corrected chi connectivity index (χ0v) is 43.5. The molecule has 7 rings (SSSR count). The average Bonchev–Trinajstić information content (AvgIpc) is 3.92. The van der Waals surface area contributed by atoms with Crippen LogP contribution >= 0.6 is 0 Å². The minimum Gasteiger partial charge on any atom is -0.481 e. The van der Waals surface area contributed by atoms with Crippen LogP contribution in [0.4, 0.5) is 0 Å². The van der Waals surface area contributed by atoms with Crippen molar-refractivity contribution in [3.63, 3.8) is 0 Å². The third-order valence-electron chi connectivity index (χ3n) is 14.2. The van der Waals surface area contributed by atoms with Crippen molar-refractivity contribution >= 4 is 52.4 Å². The number of aliphatic hydroxyl groups is 1. The maximum Gasteiger partial charge on any atom is 0.324 e. The van der Waals surface area contributed by atoms with Crippen molar-refractivity contribution in [3.8, 4) is 28.1 Å². The van der Waals surface area contributed by atoms with Gasteiger partial charge in [0.1, 0.15) is 23.9 Å². The number of fused-ring (bicyclic) bond motifs is 6. The normalized spacial score (nSPS) is 20.4. The van der Waals surface area contributed by atoms with Crippen LogP contribution in [0, 0.1) is 11.3 Å². The molecule has 1 aromatic heterocycles. The fraction of sp³-hybridized carbons (Fsp3) is 0.482. The van der Waals surface area contributed by atoms with E-state index in [9.17, 15) is 43.8 Å². The number of carbonyl (C=O) groups is 7. The summed E-state index contributed by atoms with van der Waals surface area (Å²) in [6.45, 7) is 14.3. The van der Waals surface area contributed by atoms with Gasteiger partial charge in [0, 0.05) is 68.5 Å². The molecule has 3 aliphatic heterocycles. The van der Waals surface area contributed by atoms with E-state index < -0.39 is 89.4 Å². The highest BCUT2D eigenvalue weighted by Crippen LogP contribution is 2.42. The number of hydrogen-bond donors (Lipinski definition) is 4. The first-order valence-corrected chi connectivity index (χ1v) is 25.4. The molecule has 4 atom stereocenters. The monoisotopic (exact) mass is 1020 g/mol. The summed E-state index contributed by atoms with van der Waals surface area (Å²) in [5.41, 5.74) is 7.46. The highest BCUT2D eigenvalue weighted by atomic mass is 16.5. The molecule has 0 saturated carbocycles. The van der Waals surface area contributed by atoms with Crippen LogP contribution in [0.15, 0.2) is 73.3 Å². The second-order valence-corrected chi connectivity index (χ2v) is 20.8. The number of esters is 2. The average molecular weight is 1020 g/mol. The van der Waals surface area contributed by atoms with Gasteiger partial charge in [0.25, 0.3) is 11.8 Å². The zero-order valence-electron chi connectivity index (χ0n) is 43.5. The van der Waals surface area contributed by atoms with Crippen LogP contribution in [-0.4, -0.2) is 142 Å². The summed E-state index contributed by atoms with van der Waals surface area (Å²) < 4.78 is 19.8. The Labute approximate surface area is 431 Å². The number of methoxy groups -OCH3 is 1. The molecule has 18 nitrogen and oxygen atoms in total. The lowest BCUT2D eigenvalue weighted by Crippen LogP contribution is -2.63. The fourth-order valence-electron chi connectivity index (χ4n) is 10.6. The van der Waals surface area contributed by atoms with E-state index in [4.69, 9.17) is 14.2 Å². The second kappa shape index (κ2) is 23.1. The molecule has 4 N–H and O–H groups in total. The number of likely N-dealkylation sites (tertiary alicyclic amines) is 1. The molecule has 6 bridgehead atoms. The standard InChI is InChI=1S/C56H70N6O12/c1-9-46(63)60-24-22-56(71,32-60)54(70)59(7)49(34(3)4)51(67)57-44-28-35-26-38(29-39(27-35)74-48(66)20-19-47(64)65)37-17-18-45-41(30-37)42(50(61(45)10-2)40-15-12-11-14-36(40)21-25-72-8)31-55(5,6)33-73-53(69)43-16-13-23-62(58-43)52(44)68/h9,11-12,14-15,17-18,26-27,29-30,34,43-44,49,58,71H,1,10,13,16,19-25,28,31-33H2,2-8H3,(H,57,67)(H,64,65)/t43-,44-,49-,56+/m0/s1. The van der Waals surface area contributed by atoms with Gasteiger partial charge < -0.3 is 44.1 Å². The highest BCUT2D eigenvalue weighted by molar-refractivity contribution is 5.97. The van der Waals surface area contributed by atoms with Gasteiger partial charge in [-0.2, -0.15) is 0 Å². The molecule has 3 aliphatic rings. The third kappa shape index (κ3) is 12.2. The molecule has 74 heavy (non-hydrogen) atoms. The Bertz CT molecular complexity index is 2820. The number of nitrogens with zero attached hydrogens (tertiary/aromatic N) is 4. The lowest BCUT2D eigenvalue weighted by Gasteiger charge is -2.37. The van der Waals surface area contributed by atoms with E-state index in [2.05, 4.69) is 47.0 Å². The van der Waals surface area contributed by atoms with E-state index in [0.29, 0.717) is 50.0 Å². The molecule has 3 aromatic carbocycles. The van der Waals surface area contributed by atoms with E-state index in [1.54, 1.807) is 33.1 Å².